The van der Waals surface area contributed by atoms with E-state index < -0.39 is 4.92 Å². The molecule has 0 aliphatic rings. The molecule has 1 heterocycles. The van der Waals surface area contributed by atoms with Gasteiger partial charge in [0.15, 0.2) is 0 Å². The molecule has 1 rings (SSSR count). The van der Waals surface area contributed by atoms with Gasteiger partial charge in [0.1, 0.15) is 6.20 Å². The number of aromatic nitrogens is 2. The van der Waals surface area contributed by atoms with Crippen molar-refractivity contribution in [1.29, 1.82) is 0 Å². The minimum absolute atomic E-state index is 0.00569. The van der Waals surface area contributed by atoms with Gasteiger partial charge in [-0.3, -0.25) is 10.1 Å². The third-order valence-electron chi connectivity index (χ3n) is 2.10. The Labute approximate surface area is 105 Å². The fourth-order valence-corrected chi connectivity index (χ4v) is 1.31. The molecule has 0 aliphatic heterocycles. The van der Waals surface area contributed by atoms with Crippen molar-refractivity contribution in [2.75, 3.05) is 11.9 Å². The molecule has 0 spiro atoms. The van der Waals surface area contributed by atoms with Gasteiger partial charge in [-0.2, -0.15) is 4.98 Å². The van der Waals surface area contributed by atoms with Gasteiger partial charge in [-0.1, -0.05) is 20.8 Å². The van der Waals surface area contributed by atoms with Crippen LogP contribution in [0.15, 0.2) is 6.20 Å². The molecule has 7 heteroatoms. The fourth-order valence-electron chi connectivity index (χ4n) is 1.17. The van der Waals surface area contributed by atoms with Crippen molar-refractivity contribution in [1.82, 2.24) is 9.97 Å². The van der Waals surface area contributed by atoms with Crippen LogP contribution in [0.4, 0.5) is 11.5 Å². The van der Waals surface area contributed by atoms with Crippen LogP contribution in [0.25, 0.3) is 0 Å². The first-order chi connectivity index (χ1) is 7.79. The highest BCUT2D eigenvalue weighted by Crippen LogP contribution is 2.23. The summed E-state index contributed by atoms with van der Waals surface area (Å²) in [5.74, 6) is 0.166. The Morgan fingerprint density at radius 3 is 2.71 bits per heavy atom. The van der Waals surface area contributed by atoms with Crippen LogP contribution >= 0.6 is 11.6 Å². The summed E-state index contributed by atoms with van der Waals surface area (Å²) in [4.78, 5) is 17.6. The van der Waals surface area contributed by atoms with Crippen molar-refractivity contribution in [3.63, 3.8) is 0 Å². The predicted octanol–water partition coefficient (Wildman–Crippen LogP) is 2.89. The molecular weight excluding hydrogens is 244 g/mol. The average Bonchev–Trinajstić information content (AvgIpc) is 2.15. The second-order valence-corrected chi connectivity index (χ2v) is 5.21. The van der Waals surface area contributed by atoms with Crippen LogP contribution < -0.4 is 5.32 Å². The Balaban J connectivity index is 2.75. The molecule has 1 aromatic rings. The van der Waals surface area contributed by atoms with Gasteiger partial charge in [0.25, 0.3) is 0 Å². The number of nitro groups is 1. The maximum absolute atomic E-state index is 10.7. The van der Waals surface area contributed by atoms with E-state index >= 15 is 0 Å². The molecule has 0 radical (unpaired) electrons. The lowest BCUT2D eigenvalue weighted by atomic mass is 9.92. The summed E-state index contributed by atoms with van der Waals surface area (Å²) in [7, 11) is 0. The molecule has 0 amide bonds. The Kier molecular flexibility index (Phi) is 4.22. The van der Waals surface area contributed by atoms with Crippen molar-refractivity contribution in [3.05, 3.63) is 21.6 Å². The highest BCUT2D eigenvalue weighted by Gasteiger charge is 2.17. The monoisotopic (exact) mass is 258 g/mol. The summed E-state index contributed by atoms with van der Waals surface area (Å²) in [6.45, 7) is 6.87. The number of nitrogens with zero attached hydrogens (tertiary/aromatic N) is 3. The molecule has 0 aromatic carbocycles. The average molecular weight is 259 g/mol. The smallest absolute Gasteiger partial charge is 0.329 e. The number of nitrogens with one attached hydrogen (secondary N) is 1. The second kappa shape index (κ2) is 5.27. The number of hydrogen-bond acceptors (Lipinski definition) is 5. The van der Waals surface area contributed by atoms with Crippen LogP contribution in [-0.2, 0) is 0 Å². The van der Waals surface area contributed by atoms with E-state index in [0.29, 0.717) is 6.54 Å². The quantitative estimate of drug-likeness (QED) is 0.510. The van der Waals surface area contributed by atoms with E-state index in [0.717, 1.165) is 12.6 Å². The summed E-state index contributed by atoms with van der Waals surface area (Å²) in [6, 6.07) is 0. The van der Waals surface area contributed by atoms with Crippen molar-refractivity contribution in [3.8, 4) is 0 Å². The molecular formula is C10H15ClN4O2. The number of rotatable bonds is 4. The molecule has 0 fully saturated rings. The second-order valence-electron chi connectivity index (χ2n) is 4.87. The SMILES string of the molecule is CC(C)(C)CCNc1nc(Cl)ncc1[N+](=O)[O-]. The molecule has 1 N–H and O–H groups in total. The third-order valence-corrected chi connectivity index (χ3v) is 2.29. The molecule has 0 atom stereocenters. The fraction of sp³-hybridized carbons (Fsp3) is 0.600. The Bertz CT molecular complexity index is 417. The zero-order valence-corrected chi connectivity index (χ0v) is 10.8. The van der Waals surface area contributed by atoms with Gasteiger partial charge in [-0.15, -0.1) is 0 Å². The summed E-state index contributed by atoms with van der Waals surface area (Å²) < 4.78 is 0. The standard InChI is InChI=1S/C10H15ClN4O2/c1-10(2,3)4-5-12-8-7(15(16)17)6-13-9(11)14-8/h6H,4-5H2,1-3H3,(H,12,13,14). The molecule has 94 valence electrons. The van der Waals surface area contributed by atoms with E-state index in [1.807, 2.05) is 0 Å². The van der Waals surface area contributed by atoms with Crippen molar-refractivity contribution in [2.24, 2.45) is 5.41 Å². The molecule has 0 unspecified atom stereocenters. The summed E-state index contributed by atoms with van der Waals surface area (Å²) >= 11 is 5.61. The van der Waals surface area contributed by atoms with Crippen molar-refractivity contribution in [2.45, 2.75) is 27.2 Å². The normalized spacial score (nSPS) is 11.3. The first-order valence-electron chi connectivity index (χ1n) is 5.20. The minimum Gasteiger partial charge on any atom is -0.364 e. The van der Waals surface area contributed by atoms with Crippen LogP contribution in [0.3, 0.4) is 0 Å². The van der Waals surface area contributed by atoms with Gasteiger partial charge in [-0.05, 0) is 23.4 Å². The van der Waals surface area contributed by atoms with E-state index in [9.17, 15) is 10.1 Å². The van der Waals surface area contributed by atoms with E-state index in [4.69, 9.17) is 11.6 Å². The molecule has 17 heavy (non-hydrogen) atoms. The van der Waals surface area contributed by atoms with Gasteiger partial charge < -0.3 is 5.32 Å². The Hall–Kier alpha value is -1.43. The van der Waals surface area contributed by atoms with Crippen LogP contribution in [0, 0.1) is 15.5 Å². The van der Waals surface area contributed by atoms with Crippen LogP contribution in [-0.4, -0.2) is 21.4 Å². The first kappa shape index (κ1) is 13.6. The Morgan fingerprint density at radius 2 is 2.18 bits per heavy atom. The largest absolute Gasteiger partial charge is 0.364 e. The van der Waals surface area contributed by atoms with E-state index in [-0.39, 0.29) is 22.2 Å². The summed E-state index contributed by atoms with van der Waals surface area (Å²) in [5, 5.41) is 13.6. The van der Waals surface area contributed by atoms with Gasteiger partial charge >= 0.3 is 5.69 Å². The summed E-state index contributed by atoms with van der Waals surface area (Å²) in [6.07, 6.45) is 1.97. The van der Waals surface area contributed by atoms with Crippen molar-refractivity contribution < 1.29 is 4.92 Å². The van der Waals surface area contributed by atoms with E-state index in [1.54, 1.807) is 0 Å². The number of hydrogen-bond donors (Lipinski definition) is 1. The first-order valence-corrected chi connectivity index (χ1v) is 5.58. The zero-order chi connectivity index (χ0) is 13.1. The topological polar surface area (TPSA) is 81.0 Å². The van der Waals surface area contributed by atoms with E-state index in [1.165, 1.54) is 0 Å². The zero-order valence-electron chi connectivity index (χ0n) is 10.0. The van der Waals surface area contributed by atoms with Gasteiger partial charge in [0, 0.05) is 6.54 Å². The lowest BCUT2D eigenvalue weighted by molar-refractivity contribution is -0.384. The predicted molar refractivity (Wildman–Crippen MR) is 66.3 cm³/mol. The van der Waals surface area contributed by atoms with Gasteiger partial charge in [0.2, 0.25) is 11.1 Å². The van der Waals surface area contributed by atoms with Crippen LogP contribution in [0.2, 0.25) is 5.28 Å². The maximum Gasteiger partial charge on any atom is 0.329 e. The third kappa shape index (κ3) is 4.52. The molecule has 0 saturated carbocycles. The molecule has 0 aliphatic carbocycles. The lowest BCUT2D eigenvalue weighted by Gasteiger charge is -2.18. The molecule has 0 saturated heterocycles. The van der Waals surface area contributed by atoms with Crippen molar-refractivity contribution >= 4 is 23.1 Å². The minimum atomic E-state index is -0.532. The van der Waals surface area contributed by atoms with E-state index in [2.05, 4.69) is 36.1 Å². The number of anilines is 1. The summed E-state index contributed by atoms with van der Waals surface area (Å²) in [5.41, 5.74) is -0.0122. The van der Waals surface area contributed by atoms with Gasteiger partial charge in [-0.25, -0.2) is 4.98 Å². The number of halogens is 1. The van der Waals surface area contributed by atoms with Gasteiger partial charge in [0.05, 0.1) is 4.92 Å². The molecule has 6 nitrogen and oxygen atoms in total. The highest BCUT2D eigenvalue weighted by molar-refractivity contribution is 6.28. The maximum atomic E-state index is 10.7. The van der Waals surface area contributed by atoms with Crippen LogP contribution in [0.5, 0.6) is 0 Å². The van der Waals surface area contributed by atoms with Crippen LogP contribution in [0.1, 0.15) is 27.2 Å². The molecule has 1 aromatic heterocycles. The Morgan fingerprint density at radius 1 is 1.53 bits per heavy atom. The highest BCUT2D eigenvalue weighted by atomic mass is 35.5. The molecule has 0 bridgehead atoms. The lowest BCUT2D eigenvalue weighted by Crippen LogP contribution is -2.14.